The molecule has 1 aromatic rings. The first-order chi connectivity index (χ1) is 9.79. The number of benzene rings is 1. The molecule has 1 rings (SSSR count). The fourth-order valence-electron chi connectivity index (χ4n) is 0.973. The summed E-state index contributed by atoms with van der Waals surface area (Å²) in [6.45, 7) is 2.63. The van der Waals surface area contributed by atoms with Gasteiger partial charge in [0.05, 0.1) is 13.0 Å². The van der Waals surface area contributed by atoms with E-state index < -0.39 is 11.1 Å². The van der Waals surface area contributed by atoms with E-state index in [1.165, 1.54) is 0 Å². The second-order valence-electron chi connectivity index (χ2n) is 3.56. The Labute approximate surface area is 134 Å². The molecule has 0 atom stereocenters. The molecular weight excluding hydrogens is 312 g/mol. The van der Waals surface area contributed by atoms with Crippen molar-refractivity contribution < 1.29 is 19.7 Å². The number of thiocarbonyl (C=S) groups is 2. The third-order valence-corrected chi connectivity index (χ3v) is 1.76. The largest absolute Gasteiger partial charge is 0.487 e. The number of rotatable bonds is 4. The predicted octanol–water partition coefficient (Wildman–Crippen LogP) is 1.76. The number of aliphatic carboxylic acids is 1. The molecule has 0 heterocycles. The van der Waals surface area contributed by atoms with Crippen molar-refractivity contribution in [1.29, 1.82) is 0 Å². The van der Waals surface area contributed by atoms with E-state index in [1.54, 1.807) is 12.1 Å². The highest BCUT2D eigenvalue weighted by molar-refractivity contribution is 7.80. The number of carboxylic acid groups (broad SMARTS) is 1. The standard InChI is InChI=1S/C8H8O2.C4H9NOS.CH3NOS/c9-8(10)6-7-4-2-1-3-5-7;1-2-3-6-4(5)7;2-1(3)4/h1-5H,6H2,(H,9,10);2-3H2,1H3,(H2,5,7);(H3,2,3,4). The fourth-order valence-corrected chi connectivity index (χ4v) is 1.06. The van der Waals surface area contributed by atoms with Crippen LogP contribution in [0.15, 0.2) is 30.3 Å². The van der Waals surface area contributed by atoms with Crippen LogP contribution in [0.25, 0.3) is 0 Å². The normalized spacial score (nSPS) is 8.24. The van der Waals surface area contributed by atoms with Gasteiger partial charge in [0.25, 0.3) is 10.3 Å². The van der Waals surface area contributed by atoms with Crippen molar-refractivity contribution in [3.63, 3.8) is 0 Å². The van der Waals surface area contributed by atoms with Gasteiger partial charge in [0.1, 0.15) is 0 Å². The van der Waals surface area contributed by atoms with Crippen LogP contribution in [0, 0.1) is 0 Å². The lowest BCUT2D eigenvalue weighted by molar-refractivity contribution is -0.136. The van der Waals surface area contributed by atoms with Gasteiger partial charge in [-0.1, -0.05) is 37.3 Å². The zero-order valence-corrected chi connectivity index (χ0v) is 13.3. The van der Waals surface area contributed by atoms with Gasteiger partial charge in [0.15, 0.2) is 0 Å². The Morgan fingerprint density at radius 3 is 1.95 bits per heavy atom. The molecule has 0 aromatic heterocycles. The third-order valence-electron chi connectivity index (χ3n) is 1.65. The third kappa shape index (κ3) is 23.6. The van der Waals surface area contributed by atoms with Gasteiger partial charge in [0, 0.05) is 0 Å². The van der Waals surface area contributed by atoms with E-state index in [2.05, 4.69) is 30.2 Å². The van der Waals surface area contributed by atoms with Crippen molar-refractivity contribution in [2.24, 2.45) is 11.5 Å². The van der Waals surface area contributed by atoms with E-state index in [9.17, 15) is 4.79 Å². The monoisotopic (exact) mass is 332 g/mol. The van der Waals surface area contributed by atoms with Crippen LogP contribution in [0.3, 0.4) is 0 Å². The molecule has 0 unspecified atom stereocenters. The molecular formula is C13H20N2O4S2. The Bertz CT molecular complexity index is 423. The lowest BCUT2D eigenvalue weighted by Crippen LogP contribution is -2.12. The smallest absolute Gasteiger partial charge is 0.307 e. The van der Waals surface area contributed by atoms with Crippen molar-refractivity contribution >= 4 is 40.8 Å². The van der Waals surface area contributed by atoms with E-state index >= 15 is 0 Å². The minimum absolute atomic E-state index is 0.112. The van der Waals surface area contributed by atoms with Crippen molar-refractivity contribution in [2.75, 3.05) is 6.61 Å². The maximum atomic E-state index is 10.2. The summed E-state index contributed by atoms with van der Waals surface area (Å²) < 4.78 is 4.70. The minimum Gasteiger partial charge on any atom is -0.487 e. The Kier molecular flexibility index (Phi) is 14.7. The van der Waals surface area contributed by atoms with Gasteiger partial charge in [-0.3, -0.25) is 4.79 Å². The molecule has 21 heavy (non-hydrogen) atoms. The second kappa shape index (κ2) is 14.5. The first kappa shape index (κ1) is 21.4. The van der Waals surface area contributed by atoms with Crippen LogP contribution in [0.5, 0.6) is 0 Å². The van der Waals surface area contributed by atoms with Crippen LogP contribution in [-0.2, 0) is 16.0 Å². The number of hydrogen-bond donors (Lipinski definition) is 4. The molecule has 0 fully saturated rings. The number of carbonyl (C=O) groups is 1. The van der Waals surface area contributed by atoms with Crippen LogP contribution >= 0.6 is 24.4 Å². The topological polar surface area (TPSA) is 119 Å². The van der Waals surface area contributed by atoms with E-state index in [1.807, 2.05) is 25.1 Å². The van der Waals surface area contributed by atoms with Gasteiger partial charge in [0.2, 0.25) is 0 Å². The lowest BCUT2D eigenvalue weighted by Gasteiger charge is -1.96. The van der Waals surface area contributed by atoms with E-state index in [0.29, 0.717) is 6.61 Å². The Morgan fingerprint density at radius 1 is 1.19 bits per heavy atom. The van der Waals surface area contributed by atoms with Crippen molar-refractivity contribution in [3.05, 3.63) is 35.9 Å². The van der Waals surface area contributed by atoms with Crippen molar-refractivity contribution in [1.82, 2.24) is 0 Å². The number of ether oxygens (including phenoxy) is 1. The van der Waals surface area contributed by atoms with Gasteiger partial charge in [-0.05, 0) is 36.4 Å². The highest BCUT2D eigenvalue weighted by Crippen LogP contribution is 1.98. The molecule has 0 saturated heterocycles. The summed E-state index contributed by atoms with van der Waals surface area (Å²) in [5.74, 6) is -0.786. The maximum Gasteiger partial charge on any atom is 0.307 e. The van der Waals surface area contributed by atoms with Gasteiger partial charge < -0.3 is 26.4 Å². The molecule has 0 spiro atoms. The predicted molar refractivity (Wildman–Crippen MR) is 90.2 cm³/mol. The number of hydrogen-bond acceptors (Lipinski definition) is 4. The summed E-state index contributed by atoms with van der Waals surface area (Å²) in [6.07, 6.45) is 1.07. The minimum atomic E-state index is -0.786. The van der Waals surface area contributed by atoms with Gasteiger partial charge in [-0.2, -0.15) is 0 Å². The molecule has 0 aliphatic carbocycles. The molecule has 6 nitrogen and oxygen atoms in total. The van der Waals surface area contributed by atoms with E-state index in [0.717, 1.165) is 12.0 Å². The highest BCUT2D eigenvalue weighted by Gasteiger charge is 1.96. The number of aliphatic hydroxyl groups excluding tert-OH is 1. The summed E-state index contributed by atoms with van der Waals surface area (Å²) >= 11 is 8.29. The SMILES string of the molecule is CCCOC(N)=S.NC(O)=S.O=C(O)Cc1ccccc1. The van der Waals surface area contributed by atoms with Crippen molar-refractivity contribution in [3.8, 4) is 0 Å². The molecule has 0 bridgehead atoms. The molecule has 1 aromatic carbocycles. The zero-order chi connectivity index (χ0) is 16.7. The van der Waals surface area contributed by atoms with Gasteiger partial charge in [-0.15, -0.1) is 0 Å². The summed E-state index contributed by atoms with van der Waals surface area (Å²) in [6, 6.07) is 9.13. The Morgan fingerprint density at radius 2 is 1.67 bits per heavy atom. The van der Waals surface area contributed by atoms with Crippen LogP contribution in [0.2, 0.25) is 0 Å². The Hall–Kier alpha value is -1.93. The molecule has 0 amide bonds. The number of nitrogens with two attached hydrogens (primary N) is 2. The van der Waals surface area contributed by atoms with E-state index in [4.69, 9.17) is 20.7 Å². The first-order valence-corrected chi connectivity index (χ1v) is 6.77. The van der Waals surface area contributed by atoms with Crippen LogP contribution in [0.4, 0.5) is 0 Å². The van der Waals surface area contributed by atoms with Crippen molar-refractivity contribution in [2.45, 2.75) is 19.8 Å². The summed E-state index contributed by atoms with van der Waals surface area (Å²) in [5.41, 5.74) is 10.2. The average molecular weight is 332 g/mol. The molecule has 0 saturated carbocycles. The van der Waals surface area contributed by atoms with Crippen LogP contribution < -0.4 is 11.5 Å². The lowest BCUT2D eigenvalue weighted by atomic mass is 10.2. The summed E-state index contributed by atoms with van der Waals surface area (Å²) in [7, 11) is 0. The average Bonchev–Trinajstić information content (AvgIpc) is 2.37. The fraction of sp³-hybridized carbons (Fsp3) is 0.308. The zero-order valence-electron chi connectivity index (χ0n) is 11.7. The van der Waals surface area contributed by atoms with Gasteiger partial charge >= 0.3 is 5.97 Å². The summed E-state index contributed by atoms with van der Waals surface area (Å²) in [5, 5.41) is 15.6. The molecule has 6 N–H and O–H groups in total. The Balaban J connectivity index is 0. The van der Waals surface area contributed by atoms with Gasteiger partial charge in [-0.25, -0.2) is 0 Å². The highest BCUT2D eigenvalue weighted by atomic mass is 32.1. The molecule has 8 heteroatoms. The first-order valence-electron chi connectivity index (χ1n) is 5.95. The molecule has 0 aliphatic rings. The van der Waals surface area contributed by atoms with Crippen LogP contribution in [0.1, 0.15) is 18.9 Å². The van der Waals surface area contributed by atoms with E-state index in [-0.39, 0.29) is 11.6 Å². The maximum absolute atomic E-state index is 10.2. The quantitative estimate of drug-likeness (QED) is 0.616. The molecule has 0 aliphatic heterocycles. The number of aliphatic hydroxyl groups is 1. The second-order valence-corrected chi connectivity index (χ2v) is 4.38. The molecule has 118 valence electrons. The summed E-state index contributed by atoms with van der Waals surface area (Å²) in [4.78, 5) is 10.2. The number of carboxylic acids is 1. The molecule has 0 radical (unpaired) electrons. The van der Waals surface area contributed by atoms with Crippen LogP contribution in [-0.4, -0.2) is 33.1 Å².